The highest BCUT2D eigenvalue weighted by Crippen LogP contribution is 2.40. The fourth-order valence-corrected chi connectivity index (χ4v) is 5.99. The van der Waals surface area contributed by atoms with Crippen LogP contribution >= 0.6 is 11.3 Å². The minimum absolute atomic E-state index is 0.113. The van der Waals surface area contributed by atoms with Crippen LogP contribution in [0.1, 0.15) is 48.2 Å². The van der Waals surface area contributed by atoms with E-state index >= 15 is 4.39 Å². The second kappa shape index (κ2) is 11.2. The number of carbonyl (C=O) groups is 1. The molecule has 10 heteroatoms. The first-order valence-electron chi connectivity index (χ1n) is 13.1. The molecule has 2 aromatic carbocycles. The van der Waals surface area contributed by atoms with Gasteiger partial charge in [0.15, 0.2) is 10.8 Å². The molecule has 4 aromatic rings. The number of hydrogen-bond donors (Lipinski definition) is 2. The smallest absolute Gasteiger partial charge is 0.280 e. The molecule has 0 aliphatic heterocycles. The van der Waals surface area contributed by atoms with Gasteiger partial charge in [0.2, 0.25) is 11.8 Å². The zero-order chi connectivity index (χ0) is 29.3. The molecule has 0 spiro atoms. The van der Waals surface area contributed by atoms with Gasteiger partial charge in [-0.3, -0.25) is 14.2 Å². The molecule has 3 N–H and O–H groups in total. The lowest BCUT2D eigenvalue weighted by atomic mass is 9.81. The number of thiazole rings is 1. The van der Waals surface area contributed by atoms with Crippen molar-refractivity contribution in [3.8, 4) is 16.7 Å². The second-order valence-corrected chi connectivity index (χ2v) is 10.9. The van der Waals surface area contributed by atoms with E-state index in [1.807, 2.05) is 49.6 Å². The van der Waals surface area contributed by atoms with E-state index in [0.717, 1.165) is 11.3 Å². The Morgan fingerprint density at radius 3 is 2.51 bits per heavy atom. The molecule has 41 heavy (non-hydrogen) atoms. The van der Waals surface area contributed by atoms with Crippen molar-refractivity contribution in [2.24, 2.45) is 5.73 Å². The Kier molecular flexibility index (Phi) is 7.68. The highest BCUT2D eigenvalue weighted by molar-refractivity contribution is 7.13. The molecule has 0 saturated carbocycles. The maximum atomic E-state index is 16.5. The number of alkyl halides is 1. The number of carbonyl (C=O) groups excluding carboxylic acids is 1. The number of nitrogens with two attached hydrogens (primary N) is 1. The van der Waals surface area contributed by atoms with Crippen molar-refractivity contribution < 1.29 is 18.7 Å². The normalized spacial score (nSPS) is 17.6. The SMILES string of the molecule is CCC(c1ccccc1)n1c(-c2nc(C)cs2)nc(=O)c(CC2(F)C=CC(c3ccccc3F)=C(C(N)=O)C2)c1O. The molecule has 2 heterocycles. The number of allylic oxidation sites excluding steroid dienone is 3. The number of nitrogens with zero attached hydrogens (tertiary/aromatic N) is 3. The van der Waals surface area contributed by atoms with Crippen LogP contribution in [0.4, 0.5) is 8.78 Å². The molecule has 0 bridgehead atoms. The van der Waals surface area contributed by atoms with E-state index in [2.05, 4.69) is 9.97 Å². The number of aromatic nitrogens is 3. The summed E-state index contributed by atoms with van der Waals surface area (Å²) in [4.78, 5) is 34.5. The minimum Gasteiger partial charge on any atom is -0.494 e. The van der Waals surface area contributed by atoms with Crippen LogP contribution < -0.4 is 11.3 Å². The van der Waals surface area contributed by atoms with Gasteiger partial charge in [0.05, 0.1) is 11.6 Å². The molecule has 1 aliphatic carbocycles. The molecule has 2 atom stereocenters. The molecule has 0 fully saturated rings. The fraction of sp³-hybridized carbons (Fsp3) is 0.226. The van der Waals surface area contributed by atoms with Crippen molar-refractivity contribution in [2.75, 3.05) is 0 Å². The lowest BCUT2D eigenvalue weighted by molar-refractivity contribution is -0.114. The quantitative estimate of drug-likeness (QED) is 0.282. The molecule has 0 saturated heterocycles. The Bertz CT molecular complexity index is 1750. The van der Waals surface area contributed by atoms with Crippen LogP contribution in [0, 0.1) is 12.7 Å². The van der Waals surface area contributed by atoms with Gasteiger partial charge in [-0.25, -0.2) is 13.8 Å². The minimum atomic E-state index is -2.27. The Labute approximate surface area is 239 Å². The van der Waals surface area contributed by atoms with E-state index < -0.39 is 47.7 Å². The predicted octanol–water partition coefficient (Wildman–Crippen LogP) is 5.67. The first-order chi connectivity index (χ1) is 19.6. The van der Waals surface area contributed by atoms with Crippen LogP contribution in [0.5, 0.6) is 5.88 Å². The third kappa shape index (κ3) is 5.47. The summed E-state index contributed by atoms with van der Waals surface area (Å²) in [7, 11) is 0. The number of primary amides is 1. The van der Waals surface area contributed by atoms with Crippen LogP contribution in [-0.2, 0) is 11.2 Å². The standard InChI is InChI=1S/C31H28F2N4O3S/c1-3-25(19-9-5-4-6-10-19)37-27(29-35-18(2)17-41-29)36-28(39)23(30(37)40)16-31(33)14-13-20(22(15-31)26(34)38)21-11-7-8-12-24(21)32/h4-14,17,25,40H,3,15-16H2,1-2H3,(H2,34,38). The van der Waals surface area contributed by atoms with Gasteiger partial charge in [-0.1, -0.05) is 61.5 Å². The average Bonchev–Trinajstić information content (AvgIpc) is 3.39. The topological polar surface area (TPSA) is 111 Å². The maximum Gasteiger partial charge on any atom is 0.280 e. The van der Waals surface area contributed by atoms with E-state index in [0.29, 0.717) is 11.4 Å². The summed E-state index contributed by atoms with van der Waals surface area (Å²) in [6.07, 6.45) is 1.92. The molecule has 2 aromatic heterocycles. The highest BCUT2D eigenvalue weighted by atomic mass is 32.1. The van der Waals surface area contributed by atoms with Crippen molar-refractivity contribution >= 4 is 22.8 Å². The van der Waals surface area contributed by atoms with Gasteiger partial charge in [0.1, 0.15) is 11.5 Å². The summed E-state index contributed by atoms with van der Waals surface area (Å²) in [6.45, 7) is 3.74. The Morgan fingerprint density at radius 2 is 1.88 bits per heavy atom. The zero-order valence-corrected chi connectivity index (χ0v) is 23.3. The molecule has 210 valence electrons. The Morgan fingerprint density at radius 1 is 1.17 bits per heavy atom. The van der Waals surface area contributed by atoms with Crippen molar-refractivity contribution in [1.29, 1.82) is 0 Å². The number of aryl methyl sites for hydroxylation is 1. The molecule has 1 aliphatic rings. The molecule has 1 amide bonds. The van der Waals surface area contributed by atoms with E-state index in [-0.39, 0.29) is 28.1 Å². The van der Waals surface area contributed by atoms with Crippen LogP contribution in [-0.4, -0.2) is 31.2 Å². The number of hydrogen-bond acceptors (Lipinski definition) is 6. The van der Waals surface area contributed by atoms with Crippen molar-refractivity contribution in [3.05, 3.63) is 116 Å². The van der Waals surface area contributed by atoms with Gasteiger partial charge in [0, 0.05) is 35.1 Å². The Hall–Kier alpha value is -4.44. The van der Waals surface area contributed by atoms with Crippen LogP contribution in [0.15, 0.2) is 82.5 Å². The van der Waals surface area contributed by atoms with Crippen molar-refractivity contribution in [3.63, 3.8) is 0 Å². The third-order valence-electron chi connectivity index (χ3n) is 7.16. The fourth-order valence-electron chi connectivity index (χ4n) is 5.21. The van der Waals surface area contributed by atoms with Crippen molar-refractivity contribution in [2.45, 2.75) is 44.8 Å². The van der Waals surface area contributed by atoms with Gasteiger partial charge in [0.25, 0.3) is 5.56 Å². The number of rotatable bonds is 8. The molecule has 2 unspecified atom stereocenters. The monoisotopic (exact) mass is 574 g/mol. The van der Waals surface area contributed by atoms with Crippen LogP contribution in [0.3, 0.4) is 0 Å². The summed E-state index contributed by atoms with van der Waals surface area (Å²) in [5, 5.41) is 13.9. The van der Waals surface area contributed by atoms with Crippen molar-refractivity contribution in [1.82, 2.24) is 14.5 Å². The second-order valence-electron chi connectivity index (χ2n) is 10.00. The average molecular weight is 575 g/mol. The van der Waals surface area contributed by atoms with Crippen LogP contribution in [0.2, 0.25) is 0 Å². The summed E-state index contributed by atoms with van der Waals surface area (Å²) in [5.74, 6) is -1.74. The number of aromatic hydroxyl groups is 1. The Balaban J connectivity index is 1.62. The number of benzene rings is 2. The highest BCUT2D eigenvalue weighted by Gasteiger charge is 2.38. The summed E-state index contributed by atoms with van der Waals surface area (Å²) >= 11 is 1.28. The van der Waals surface area contributed by atoms with Gasteiger partial charge in [-0.2, -0.15) is 4.98 Å². The van der Waals surface area contributed by atoms with E-state index in [1.165, 1.54) is 46.3 Å². The summed E-state index contributed by atoms with van der Waals surface area (Å²) in [6, 6.07) is 14.8. The van der Waals surface area contributed by atoms with E-state index in [1.54, 1.807) is 6.07 Å². The zero-order valence-electron chi connectivity index (χ0n) is 22.5. The number of halogens is 2. The van der Waals surface area contributed by atoms with Gasteiger partial charge in [-0.05, 0) is 36.6 Å². The van der Waals surface area contributed by atoms with Crippen LogP contribution in [0.25, 0.3) is 16.4 Å². The van der Waals surface area contributed by atoms with Gasteiger partial charge in [-0.15, -0.1) is 11.3 Å². The van der Waals surface area contributed by atoms with E-state index in [9.17, 15) is 19.1 Å². The molecule has 0 radical (unpaired) electrons. The molecule has 7 nitrogen and oxygen atoms in total. The third-order valence-corrected chi connectivity index (χ3v) is 8.12. The molecular formula is C31H28F2N4O3S. The number of amides is 1. The first-order valence-corrected chi connectivity index (χ1v) is 14.0. The first kappa shape index (κ1) is 28.1. The predicted molar refractivity (Wildman–Crippen MR) is 155 cm³/mol. The lowest BCUT2D eigenvalue weighted by Crippen LogP contribution is -2.34. The molecular weight excluding hydrogens is 546 g/mol. The molecule has 5 rings (SSSR count). The van der Waals surface area contributed by atoms with Gasteiger partial charge >= 0.3 is 0 Å². The largest absolute Gasteiger partial charge is 0.494 e. The lowest BCUT2D eigenvalue weighted by Gasteiger charge is -2.29. The summed E-state index contributed by atoms with van der Waals surface area (Å²) in [5.41, 5.74) is 4.03. The maximum absolute atomic E-state index is 16.5. The summed E-state index contributed by atoms with van der Waals surface area (Å²) < 4.78 is 32.5. The van der Waals surface area contributed by atoms with E-state index in [4.69, 9.17) is 5.73 Å². The van der Waals surface area contributed by atoms with Gasteiger partial charge < -0.3 is 10.8 Å².